The number of amides is 1. The smallest absolute Gasteiger partial charge is 0.282 e. The van der Waals surface area contributed by atoms with Crippen molar-refractivity contribution in [3.8, 4) is 5.75 Å². The summed E-state index contributed by atoms with van der Waals surface area (Å²) in [6.45, 7) is 6.87. The van der Waals surface area contributed by atoms with Crippen molar-refractivity contribution in [2.75, 3.05) is 20.2 Å². The summed E-state index contributed by atoms with van der Waals surface area (Å²) < 4.78 is 34.0. The first-order valence-corrected chi connectivity index (χ1v) is 14.8. The average Bonchev–Trinajstić information content (AvgIpc) is 3.24. The Balaban J connectivity index is 1.36. The fourth-order valence-corrected chi connectivity index (χ4v) is 7.82. The number of piperidine rings is 1. The Morgan fingerprint density at radius 1 is 1.24 bits per heavy atom. The molecule has 2 aromatic carbocycles. The summed E-state index contributed by atoms with van der Waals surface area (Å²) in [4.78, 5) is 19.7. The van der Waals surface area contributed by atoms with Crippen LogP contribution in [-0.4, -0.2) is 49.8 Å². The first-order chi connectivity index (χ1) is 17.8. The van der Waals surface area contributed by atoms with Crippen LogP contribution in [0.5, 0.6) is 5.75 Å². The Hall–Kier alpha value is -2.88. The van der Waals surface area contributed by atoms with Gasteiger partial charge in [0.25, 0.3) is 5.24 Å². The molecular weight excluding hydrogens is 506 g/mol. The molecule has 5 rings (SSSR count). The van der Waals surface area contributed by atoms with Gasteiger partial charge in [-0.05, 0) is 73.6 Å². The van der Waals surface area contributed by atoms with E-state index in [2.05, 4.69) is 16.3 Å². The van der Waals surface area contributed by atoms with Gasteiger partial charge >= 0.3 is 0 Å². The normalized spacial score (nSPS) is 22.6. The fourth-order valence-electron chi connectivity index (χ4n) is 5.43. The molecule has 0 bridgehead atoms. The van der Waals surface area contributed by atoms with Crippen molar-refractivity contribution in [1.29, 1.82) is 0 Å². The van der Waals surface area contributed by atoms with E-state index in [4.69, 9.17) is 4.74 Å². The number of carbonyl (C=O) groups excluding carboxylic acids is 1. The van der Waals surface area contributed by atoms with E-state index in [1.807, 2.05) is 42.2 Å². The third-order valence-corrected chi connectivity index (χ3v) is 10.2. The second-order valence-electron chi connectivity index (χ2n) is 9.70. The van der Waals surface area contributed by atoms with Gasteiger partial charge in [-0.25, -0.2) is 13.1 Å². The number of benzene rings is 2. The number of ether oxygens (including phenoxy) is 1. The molecule has 0 radical (unpaired) electrons. The highest BCUT2D eigenvalue weighted by atomic mass is 32.2. The number of sulfonamides is 1. The summed E-state index contributed by atoms with van der Waals surface area (Å²) >= 11 is 1.37. The van der Waals surface area contributed by atoms with Gasteiger partial charge in [-0.2, -0.15) is 0 Å². The fraction of sp³-hybridized carbons (Fsp3) is 0.357. The molecule has 194 valence electrons. The van der Waals surface area contributed by atoms with Crippen LogP contribution >= 0.6 is 11.8 Å². The highest BCUT2D eigenvalue weighted by Gasteiger charge is 2.46. The number of aromatic nitrogens is 1. The van der Waals surface area contributed by atoms with Crippen LogP contribution in [0.4, 0.5) is 4.79 Å². The van der Waals surface area contributed by atoms with Crippen molar-refractivity contribution in [1.82, 2.24) is 14.6 Å². The number of nitrogens with one attached hydrogen (secondary N) is 1. The van der Waals surface area contributed by atoms with Crippen LogP contribution in [0.15, 0.2) is 72.3 Å². The molecule has 1 N–H and O–H groups in total. The molecule has 0 aliphatic carbocycles. The molecule has 2 saturated heterocycles. The van der Waals surface area contributed by atoms with Gasteiger partial charge in [-0.3, -0.25) is 9.78 Å². The zero-order valence-corrected chi connectivity index (χ0v) is 22.6. The Labute approximate surface area is 222 Å². The molecule has 7 nitrogen and oxygen atoms in total. The molecule has 4 atom stereocenters. The minimum atomic E-state index is -3.62. The zero-order chi connectivity index (χ0) is 26.2. The molecule has 3 aromatic rings. The number of carbonyl (C=O) groups is 1. The maximum atomic E-state index is 13.0. The molecule has 2 fully saturated rings. The maximum Gasteiger partial charge on any atom is 0.282 e. The summed E-state index contributed by atoms with van der Waals surface area (Å²) in [7, 11) is -1.98. The Morgan fingerprint density at radius 2 is 2.03 bits per heavy atom. The molecular formula is C28H31N3O4S2. The number of aryl methyl sites for hydroxylation is 1. The SMILES string of the molecule is C=C[C@@H](CNS(=O)(=O)c1ccc(C)cc1)[C@H]1CCN2C(=O)S[C@@H](c3ccnc4ccc(OC)cc34)[C@@H]2C1. The van der Waals surface area contributed by atoms with Gasteiger partial charge < -0.3 is 9.64 Å². The quantitative estimate of drug-likeness (QED) is 0.391. The molecule has 0 saturated carbocycles. The standard InChI is InChI=1S/C28H31N3O4S2/c1-4-19(17-30-37(33,34)22-8-5-18(2)6-9-22)20-12-14-31-26(15-20)27(36-28(31)32)23-11-13-29-25-10-7-21(35-3)16-24(23)25/h4-11,13,16,19-20,26-27,30H,1,12,14-15,17H2,2-3H3/t19-,20-,26-,27-/m0/s1. The lowest BCUT2D eigenvalue weighted by Gasteiger charge is -2.39. The van der Waals surface area contributed by atoms with Crippen LogP contribution in [0.1, 0.15) is 29.2 Å². The van der Waals surface area contributed by atoms with E-state index in [0.29, 0.717) is 6.54 Å². The van der Waals surface area contributed by atoms with Gasteiger partial charge in [0.15, 0.2) is 0 Å². The molecule has 1 aromatic heterocycles. The number of pyridine rings is 1. The number of hydrogen-bond donors (Lipinski definition) is 1. The lowest BCUT2D eigenvalue weighted by molar-refractivity contribution is 0.135. The van der Waals surface area contributed by atoms with Gasteiger partial charge in [0.05, 0.1) is 22.8 Å². The monoisotopic (exact) mass is 537 g/mol. The van der Waals surface area contributed by atoms with E-state index >= 15 is 0 Å². The van der Waals surface area contributed by atoms with E-state index in [9.17, 15) is 13.2 Å². The predicted octanol–water partition coefficient (Wildman–Crippen LogP) is 5.32. The van der Waals surface area contributed by atoms with E-state index < -0.39 is 10.0 Å². The lowest BCUT2D eigenvalue weighted by atomic mass is 9.79. The van der Waals surface area contributed by atoms with Crippen molar-refractivity contribution in [3.63, 3.8) is 0 Å². The van der Waals surface area contributed by atoms with Crippen LogP contribution in [0.25, 0.3) is 10.9 Å². The molecule has 37 heavy (non-hydrogen) atoms. The van der Waals surface area contributed by atoms with E-state index in [1.54, 1.807) is 37.6 Å². The Morgan fingerprint density at radius 3 is 2.76 bits per heavy atom. The van der Waals surface area contributed by atoms with Gasteiger partial charge in [-0.15, -0.1) is 6.58 Å². The largest absolute Gasteiger partial charge is 0.497 e. The van der Waals surface area contributed by atoms with Crippen LogP contribution in [0.3, 0.4) is 0 Å². The number of thioether (sulfide) groups is 1. The third-order valence-electron chi connectivity index (χ3n) is 7.53. The summed E-state index contributed by atoms with van der Waals surface area (Å²) in [5.74, 6) is 0.913. The van der Waals surface area contributed by atoms with Gasteiger partial charge in [-0.1, -0.05) is 35.5 Å². The van der Waals surface area contributed by atoms with Crippen LogP contribution < -0.4 is 9.46 Å². The summed E-state index contributed by atoms with van der Waals surface area (Å²) in [5, 5.41) is 1.04. The van der Waals surface area contributed by atoms with Crippen LogP contribution in [0, 0.1) is 18.8 Å². The molecule has 9 heteroatoms. The molecule has 0 spiro atoms. The summed E-state index contributed by atoms with van der Waals surface area (Å²) in [6.07, 6.45) is 5.23. The van der Waals surface area contributed by atoms with Crippen molar-refractivity contribution >= 4 is 37.9 Å². The van der Waals surface area contributed by atoms with Crippen molar-refractivity contribution < 1.29 is 17.9 Å². The Kier molecular flexibility index (Phi) is 7.29. The maximum absolute atomic E-state index is 13.0. The molecule has 2 aliphatic heterocycles. The van der Waals surface area contributed by atoms with Crippen LogP contribution in [0.2, 0.25) is 0 Å². The number of hydrogen-bond acceptors (Lipinski definition) is 6. The van der Waals surface area contributed by atoms with E-state index in [0.717, 1.165) is 40.6 Å². The first-order valence-electron chi connectivity index (χ1n) is 12.4. The summed E-state index contributed by atoms with van der Waals surface area (Å²) in [6, 6.07) is 14.7. The first kappa shape index (κ1) is 25.8. The number of fused-ring (bicyclic) bond motifs is 2. The second kappa shape index (κ2) is 10.5. The number of rotatable bonds is 8. The van der Waals surface area contributed by atoms with Crippen molar-refractivity contribution in [3.05, 3.63) is 78.5 Å². The van der Waals surface area contributed by atoms with Gasteiger partial charge in [0.1, 0.15) is 5.75 Å². The second-order valence-corrected chi connectivity index (χ2v) is 12.6. The Bertz CT molecular complexity index is 1430. The lowest BCUT2D eigenvalue weighted by Crippen LogP contribution is -2.44. The van der Waals surface area contributed by atoms with Gasteiger partial charge in [0.2, 0.25) is 10.0 Å². The highest BCUT2D eigenvalue weighted by molar-refractivity contribution is 8.14. The predicted molar refractivity (Wildman–Crippen MR) is 147 cm³/mol. The van der Waals surface area contributed by atoms with Crippen molar-refractivity contribution in [2.24, 2.45) is 11.8 Å². The average molecular weight is 538 g/mol. The molecule has 1 amide bonds. The molecule has 0 unspecified atom stereocenters. The summed E-state index contributed by atoms with van der Waals surface area (Å²) in [5.41, 5.74) is 2.95. The third kappa shape index (κ3) is 5.12. The molecule has 2 aliphatic rings. The molecule has 3 heterocycles. The topological polar surface area (TPSA) is 88.6 Å². The van der Waals surface area contributed by atoms with Crippen LogP contribution in [-0.2, 0) is 10.0 Å². The van der Waals surface area contributed by atoms with E-state index in [-0.39, 0.29) is 39.8 Å². The van der Waals surface area contributed by atoms with E-state index in [1.165, 1.54) is 11.8 Å². The zero-order valence-electron chi connectivity index (χ0n) is 21.0. The highest BCUT2D eigenvalue weighted by Crippen LogP contribution is 2.50. The minimum absolute atomic E-state index is 0.0178. The number of nitrogens with zero attached hydrogens (tertiary/aromatic N) is 2. The minimum Gasteiger partial charge on any atom is -0.497 e. The van der Waals surface area contributed by atoms with Crippen molar-refractivity contribution in [2.45, 2.75) is 36.0 Å². The number of methoxy groups -OCH3 is 1. The van der Waals surface area contributed by atoms with Gasteiger partial charge in [0, 0.05) is 30.7 Å².